The molecule has 0 aliphatic carbocycles. The van der Waals surface area contributed by atoms with Gasteiger partial charge in [-0.2, -0.15) is 0 Å². The van der Waals surface area contributed by atoms with E-state index < -0.39 is 21.7 Å². The third-order valence-corrected chi connectivity index (χ3v) is 5.84. The van der Waals surface area contributed by atoms with Crippen molar-refractivity contribution in [3.8, 4) is 0 Å². The molecule has 4 aromatic rings. The average molecular weight is 437 g/mol. The minimum absolute atomic E-state index is 0.00154. The minimum atomic E-state index is -3.95. The van der Waals surface area contributed by atoms with E-state index in [1.807, 2.05) is 0 Å². The molecule has 1 aromatic heterocycles. The number of pyridine rings is 1. The number of benzene rings is 3. The van der Waals surface area contributed by atoms with Gasteiger partial charge in [0.1, 0.15) is 5.82 Å². The van der Waals surface area contributed by atoms with Gasteiger partial charge in [0.2, 0.25) is 5.56 Å². The number of hydrogen-bond acceptors (Lipinski definition) is 4. The van der Waals surface area contributed by atoms with Crippen LogP contribution in [-0.4, -0.2) is 19.3 Å². The fourth-order valence-corrected chi connectivity index (χ4v) is 4.09. The summed E-state index contributed by atoms with van der Waals surface area (Å²) in [6, 6.07) is 18.5. The fraction of sp³-hybridized carbons (Fsp3) is 0. The van der Waals surface area contributed by atoms with Crippen LogP contribution < -0.4 is 15.6 Å². The van der Waals surface area contributed by atoms with Crippen molar-refractivity contribution in [2.24, 2.45) is 0 Å². The first-order valence-corrected chi connectivity index (χ1v) is 10.6. The highest BCUT2D eigenvalue weighted by Gasteiger charge is 2.16. The summed E-state index contributed by atoms with van der Waals surface area (Å²) in [4.78, 5) is 26.5. The van der Waals surface area contributed by atoms with Crippen molar-refractivity contribution in [2.75, 3.05) is 10.0 Å². The van der Waals surface area contributed by atoms with Crippen molar-refractivity contribution >= 4 is 38.2 Å². The third kappa shape index (κ3) is 4.62. The summed E-state index contributed by atoms with van der Waals surface area (Å²) in [5, 5.41) is 3.12. The molecule has 0 saturated carbocycles. The van der Waals surface area contributed by atoms with Crippen LogP contribution in [0.15, 0.2) is 88.6 Å². The zero-order valence-corrected chi connectivity index (χ0v) is 16.7. The van der Waals surface area contributed by atoms with Crippen LogP contribution in [0, 0.1) is 5.82 Å². The zero-order valence-electron chi connectivity index (χ0n) is 15.9. The van der Waals surface area contributed by atoms with Crippen LogP contribution in [0.2, 0.25) is 0 Å². The van der Waals surface area contributed by atoms with Crippen LogP contribution in [-0.2, 0) is 10.0 Å². The van der Waals surface area contributed by atoms with Crippen LogP contribution in [0.25, 0.3) is 10.9 Å². The number of rotatable bonds is 5. The lowest BCUT2D eigenvalue weighted by Crippen LogP contribution is -2.15. The molecule has 7 nitrogen and oxygen atoms in total. The third-order valence-electron chi connectivity index (χ3n) is 4.46. The molecule has 0 unspecified atom stereocenters. The second-order valence-electron chi connectivity index (χ2n) is 6.72. The van der Waals surface area contributed by atoms with E-state index in [9.17, 15) is 22.4 Å². The van der Waals surface area contributed by atoms with E-state index in [1.165, 1.54) is 72.8 Å². The lowest BCUT2D eigenvalue weighted by molar-refractivity contribution is 0.102. The number of halogens is 1. The number of aromatic amines is 1. The Hall–Kier alpha value is -3.98. The normalized spacial score (nSPS) is 11.3. The molecule has 0 saturated heterocycles. The van der Waals surface area contributed by atoms with Gasteiger partial charge < -0.3 is 10.3 Å². The maximum Gasteiger partial charge on any atom is 0.261 e. The van der Waals surface area contributed by atoms with Gasteiger partial charge in [0.05, 0.1) is 4.90 Å². The monoisotopic (exact) mass is 437 g/mol. The second-order valence-corrected chi connectivity index (χ2v) is 8.40. The minimum Gasteiger partial charge on any atom is -0.322 e. The van der Waals surface area contributed by atoms with E-state index in [1.54, 1.807) is 6.07 Å². The number of nitrogens with one attached hydrogen (secondary N) is 3. The van der Waals surface area contributed by atoms with Gasteiger partial charge in [0.15, 0.2) is 0 Å². The molecule has 3 N–H and O–H groups in total. The second kappa shape index (κ2) is 8.04. The number of sulfonamides is 1. The van der Waals surface area contributed by atoms with Gasteiger partial charge in [-0.1, -0.05) is 12.1 Å². The molecule has 1 heterocycles. The van der Waals surface area contributed by atoms with Gasteiger partial charge in [-0.15, -0.1) is 0 Å². The molecular formula is C22H16FN3O4S. The summed E-state index contributed by atoms with van der Waals surface area (Å²) in [5.74, 6) is -1.000. The summed E-state index contributed by atoms with van der Waals surface area (Å²) < 4.78 is 41.3. The number of carbonyl (C=O) groups excluding carboxylic acids is 1. The number of hydrogen-bond donors (Lipinski definition) is 3. The van der Waals surface area contributed by atoms with E-state index in [-0.39, 0.29) is 27.4 Å². The molecular weight excluding hydrogens is 421 g/mol. The van der Waals surface area contributed by atoms with Gasteiger partial charge in [-0.3, -0.25) is 14.3 Å². The maximum atomic E-state index is 13.3. The van der Waals surface area contributed by atoms with Crippen LogP contribution in [0.5, 0.6) is 0 Å². The quantitative estimate of drug-likeness (QED) is 0.442. The maximum absolute atomic E-state index is 13.3. The van der Waals surface area contributed by atoms with Crippen molar-refractivity contribution in [1.29, 1.82) is 0 Å². The van der Waals surface area contributed by atoms with Gasteiger partial charge in [0.25, 0.3) is 15.9 Å². The van der Waals surface area contributed by atoms with Gasteiger partial charge in [0, 0.05) is 28.5 Å². The number of aromatic nitrogens is 1. The van der Waals surface area contributed by atoms with Crippen molar-refractivity contribution in [2.45, 2.75) is 4.90 Å². The molecule has 156 valence electrons. The van der Waals surface area contributed by atoms with Crippen molar-refractivity contribution in [3.63, 3.8) is 0 Å². The van der Waals surface area contributed by atoms with Gasteiger partial charge >= 0.3 is 0 Å². The number of carbonyl (C=O) groups is 1. The predicted octanol–water partition coefficient (Wildman–Crippen LogP) is 3.72. The summed E-state index contributed by atoms with van der Waals surface area (Å²) in [6.07, 6.45) is 0. The average Bonchev–Trinajstić information content (AvgIpc) is 2.73. The van der Waals surface area contributed by atoms with Gasteiger partial charge in [-0.05, 0) is 66.0 Å². The largest absolute Gasteiger partial charge is 0.322 e. The highest BCUT2D eigenvalue weighted by Crippen LogP contribution is 2.21. The van der Waals surface area contributed by atoms with Crippen LogP contribution >= 0.6 is 0 Å². The molecule has 0 fully saturated rings. The lowest BCUT2D eigenvalue weighted by atomic mass is 10.2. The fourth-order valence-electron chi connectivity index (χ4n) is 3.01. The molecule has 3 aromatic carbocycles. The van der Waals surface area contributed by atoms with Crippen molar-refractivity contribution in [3.05, 3.63) is 101 Å². The summed E-state index contributed by atoms with van der Waals surface area (Å²) in [6.45, 7) is 0. The van der Waals surface area contributed by atoms with E-state index in [4.69, 9.17) is 0 Å². The van der Waals surface area contributed by atoms with Crippen LogP contribution in [0.1, 0.15) is 10.4 Å². The van der Waals surface area contributed by atoms with Crippen molar-refractivity contribution < 1.29 is 17.6 Å². The molecule has 0 bridgehead atoms. The van der Waals surface area contributed by atoms with E-state index in [0.29, 0.717) is 10.9 Å². The first-order chi connectivity index (χ1) is 14.8. The Morgan fingerprint density at radius 2 is 1.65 bits per heavy atom. The molecule has 0 aliphatic heterocycles. The summed E-state index contributed by atoms with van der Waals surface area (Å²) in [5.41, 5.74) is 0.899. The molecule has 0 spiro atoms. The topological polar surface area (TPSA) is 108 Å². The highest BCUT2D eigenvalue weighted by molar-refractivity contribution is 7.92. The van der Waals surface area contributed by atoms with E-state index >= 15 is 0 Å². The molecule has 9 heteroatoms. The number of amides is 1. The Morgan fingerprint density at radius 3 is 2.45 bits per heavy atom. The smallest absolute Gasteiger partial charge is 0.261 e. The standard InChI is InChI=1S/C22H16FN3O4S/c23-16-4-2-5-17(13-16)24-22(28)15-3-1-6-18(11-15)26-31(29,30)19-8-9-20-14(12-19)7-10-21(27)25-20/h1-13,26H,(H,24,28)(H,25,27). The number of H-pyrrole nitrogens is 1. The molecule has 0 aliphatic rings. The van der Waals surface area contributed by atoms with E-state index in [2.05, 4.69) is 15.0 Å². The van der Waals surface area contributed by atoms with Gasteiger partial charge in [-0.25, -0.2) is 12.8 Å². The Balaban J connectivity index is 1.57. The highest BCUT2D eigenvalue weighted by atomic mass is 32.2. The molecule has 4 rings (SSSR count). The van der Waals surface area contributed by atoms with Crippen LogP contribution in [0.3, 0.4) is 0 Å². The Bertz CT molecular complexity index is 1470. The first kappa shape index (κ1) is 20.3. The van der Waals surface area contributed by atoms with Crippen LogP contribution in [0.4, 0.5) is 15.8 Å². The molecule has 0 atom stereocenters. The predicted molar refractivity (Wildman–Crippen MR) is 116 cm³/mol. The number of fused-ring (bicyclic) bond motifs is 1. The number of anilines is 2. The first-order valence-electron chi connectivity index (χ1n) is 9.13. The Morgan fingerprint density at radius 1 is 0.871 bits per heavy atom. The summed E-state index contributed by atoms with van der Waals surface area (Å²) >= 11 is 0. The summed E-state index contributed by atoms with van der Waals surface area (Å²) in [7, 11) is -3.95. The molecule has 1 amide bonds. The Kier molecular flexibility index (Phi) is 5.26. The van der Waals surface area contributed by atoms with Crippen molar-refractivity contribution in [1.82, 2.24) is 4.98 Å². The SMILES string of the molecule is O=C(Nc1cccc(F)c1)c1cccc(NS(=O)(=O)c2ccc3[nH]c(=O)ccc3c2)c1. The molecule has 0 radical (unpaired) electrons. The Labute approximate surface area is 176 Å². The lowest BCUT2D eigenvalue weighted by Gasteiger charge is -2.11. The zero-order chi connectivity index (χ0) is 22.0. The molecule has 31 heavy (non-hydrogen) atoms. The van der Waals surface area contributed by atoms with E-state index in [0.717, 1.165) is 0 Å².